The Hall–Kier alpha value is -1.44. The first-order chi connectivity index (χ1) is 13.3. The number of hydrogen-bond acceptors (Lipinski definition) is 4. The van der Waals surface area contributed by atoms with Gasteiger partial charge in [-0.25, -0.2) is 13.1 Å². The molecule has 1 aromatic carbocycles. The van der Waals surface area contributed by atoms with Gasteiger partial charge in [-0.05, 0) is 50.5 Å². The third-order valence-corrected chi connectivity index (χ3v) is 6.87. The summed E-state index contributed by atoms with van der Waals surface area (Å²) in [7, 11) is -3.17. The summed E-state index contributed by atoms with van der Waals surface area (Å²) in [6.07, 6.45) is 5.93. The molecule has 28 heavy (non-hydrogen) atoms. The fourth-order valence-electron chi connectivity index (χ4n) is 4.43. The molecule has 6 nitrogen and oxygen atoms in total. The predicted octanol–water partition coefficient (Wildman–Crippen LogP) is 1.87. The van der Waals surface area contributed by atoms with E-state index in [1.165, 1.54) is 11.8 Å². The zero-order chi connectivity index (χ0) is 20.1. The number of rotatable bonds is 6. The molecule has 1 amide bonds. The maximum atomic E-state index is 12.9. The van der Waals surface area contributed by atoms with Gasteiger partial charge in [0.2, 0.25) is 15.9 Å². The number of amides is 1. The van der Waals surface area contributed by atoms with Gasteiger partial charge in [0.05, 0.1) is 12.3 Å². The minimum atomic E-state index is -3.17. The van der Waals surface area contributed by atoms with Crippen LogP contribution in [0.3, 0.4) is 0 Å². The zero-order valence-electron chi connectivity index (χ0n) is 17.0. The summed E-state index contributed by atoms with van der Waals surface area (Å²) < 4.78 is 25.5. The Balaban J connectivity index is 1.43. The molecule has 0 radical (unpaired) electrons. The minimum absolute atomic E-state index is 0.0118. The Bertz CT molecular complexity index is 737. The van der Waals surface area contributed by atoms with Crippen molar-refractivity contribution in [2.75, 3.05) is 32.4 Å². The monoisotopic (exact) mass is 407 g/mol. The van der Waals surface area contributed by atoms with Gasteiger partial charge in [0, 0.05) is 32.2 Å². The van der Waals surface area contributed by atoms with Gasteiger partial charge in [0.1, 0.15) is 0 Å². The molecular formula is C21H33N3O3S. The van der Waals surface area contributed by atoms with Crippen LogP contribution < -0.4 is 4.72 Å². The molecule has 1 aromatic rings. The van der Waals surface area contributed by atoms with Gasteiger partial charge in [0.25, 0.3) is 0 Å². The summed E-state index contributed by atoms with van der Waals surface area (Å²) in [5, 5.41) is 0. The van der Waals surface area contributed by atoms with Crippen LogP contribution in [0.4, 0.5) is 0 Å². The maximum Gasteiger partial charge on any atom is 0.239 e. The van der Waals surface area contributed by atoms with Crippen LogP contribution in [0.25, 0.3) is 0 Å². The third-order valence-electron chi connectivity index (χ3n) is 6.11. The Morgan fingerprint density at radius 2 is 1.68 bits per heavy atom. The molecule has 0 aliphatic carbocycles. The lowest BCUT2D eigenvalue weighted by Crippen LogP contribution is -2.53. The van der Waals surface area contributed by atoms with Gasteiger partial charge in [-0.15, -0.1) is 0 Å². The Labute approximate surface area is 169 Å². The fraction of sp³-hybridized carbons (Fsp3) is 0.667. The van der Waals surface area contributed by atoms with Crippen LogP contribution in [-0.2, 0) is 21.2 Å². The van der Waals surface area contributed by atoms with Crippen molar-refractivity contribution in [2.45, 2.75) is 51.1 Å². The summed E-state index contributed by atoms with van der Waals surface area (Å²) in [6, 6.07) is 10.4. The van der Waals surface area contributed by atoms with Crippen molar-refractivity contribution in [1.82, 2.24) is 14.5 Å². The molecule has 0 spiro atoms. The van der Waals surface area contributed by atoms with Gasteiger partial charge in [-0.1, -0.05) is 30.3 Å². The smallest absolute Gasteiger partial charge is 0.239 e. The number of carbonyl (C=O) groups excluding carboxylic acids is 1. The quantitative estimate of drug-likeness (QED) is 0.782. The molecule has 2 aliphatic rings. The van der Waals surface area contributed by atoms with Crippen LogP contribution in [0.1, 0.15) is 38.2 Å². The summed E-state index contributed by atoms with van der Waals surface area (Å²) in [5.74, 6) is 0.868. The van der Waals surface area contributed by atoms with E-state index in [9.17, 15) is 13.2 Å². The van der Waals surface area contributed by atoms with Crippen LogP contribution in [0.15, 0.2) is 30.3 Å². The lowest BCUT2D eigenvalue weighted by Gasteiger charge is -2.39. The number of benzene rings is 1. The van der Waals surface area contributed by atoms with Crippen molar-refractivity contribution in [3.63, 3.8) is 0 Å². The van der Waals surface area contributed by atoms with Crippen molar-refractivity contribution in [3.05, 3.63) is 35.9 Å². The molecule has 2 fully saturated rings. The third kappa shape index (κ3) is 6.03. The van der Waals surface area contributed by atoms with Crippen LogP contribution in [0, 0.1) is 5.92 Å². The Kier molecular flexibility index (Phi) is 7.12. The van der Waals surface area contributed by atoms with E-state index in [4.69, 9.17) is 0 Å². The molecular weight excluding hydrogens is 374 g/mol. The number of hydrogen-bond donors (Lipinski definition) is 1. The van der Waals surface area contributed by atoms with E-state index in [0.29, 0.717) is 5.92 Å². The number of likely N-dealkylation sites (tertiary alicyclic amines) is 2. The lowest BCUT2D eigenvalue weighted by molar-refractivity contribution is -0.138. The second kappa shape index (κ2) is 9.37. The summed E-state index contributed by atoms with van der Waals surface area (Å²) in [6.45, 7) is 5.18. The summed E-state index contributed by atoms with van der Waals surface area (Å²) in [5.41, 5.74) is 1.38. The van der Waals surface area contributed by atoms with Gasteiger partial charge >= 0.3 is 0 Å². The molecule has 0 aromatic heterocycles. The second-order valence-corrected chi connectivity index (χ2v) is 10.1. The van der Waals surface area contributed by atoms with E-state index < -0.39 is 10.0 Å². The van der Waals surface area contributed by atoms with Gasteiger partial charge in [-0.2, -0.15) is 0 Å². The minimum Gasteiger partial charge on any atom is -0.341 e. The summed E-state index contributed by atoms with van der Waals surface area (Å²) in [4.78, 5) is 17.2. The average Bonchev–Trinajstić information content (AvgIpc) is 2.68. The second-order valence-electron chi connectivity index (χ2n) is 8.33. The number of nitrogens with zero attached hydrogens (tertiary/aromatic N) is 2. The highest BCUT2D eigenvalue weighted by molar-refractivity contribution is 7.88. The van der Waals surface area contributed by atoms with Crippen LogP contribution in [0.2, 0.25) is 0 Å². The number of piperidine rings is 2. The van der Waals surface area contributed by atoms with Crippen LogP contribution in [-0.4, -0.2) is 68.6 Å². The molecule has 1 N–H and O–H groups in total. The molecule has 7 heteroatoms. The standard InChI is InChI=1S/C21H33N3O3S/c1-17(23-14-10-20(11-15-23)22-28(2,26)27)21(25)24-12-8-19(9-13-24)16-18-6-4-3-5-7-18/h3-7,17,19-20,22H,8-16H2,1-2H3. The van der Waals surface area contributed by atoms with Crippen LogP contribution >= 0.6 is 0 Å². The van der Waals surface area contributed by atoms with Crippen molar-refractivity contribution in [3.8, 4) is 0 Å². The fourth-order valence-corrected chi connectivity index (χ4v) is 5.27. The predicted molar refractivity (Wildman–Crippen MR) is 111 cm³/mol. The summed E-state index contributed by atoms with van der Waals surface area (Å²) >= 11 is 0. The van der Waals surface area contributed by atoms with Crippen molar-refractivity contribution in [2.24, 2.45) is 5.92 Å². The highest BCUT2D eigenvalue weighted by atomic mass is 32.2. The zero-order valence-corrected chi connectivity index (χ0v) is 17.8. The van der Waals surface area contributed by atoms with E-state index in [1.54, 1.807) is 0 Å². The largest absolute Gasteiger partial charge is 0.341 e. The topological polar surface area (TPSA) is 69.7 Å². The Morgan fingerprint density at radius 1 is 1.07 bits per heavy atom. The van der Waals surface area contributed by atoms with Crippen molar-refractivity contribution in [1.29, 1.82) is 0 Å². The molecule has 2 saturated heterocycles. The SMILES string of the molecule is CC(C(=O)N1CCC(Cc2ccccc2)CC1)N1CCC(NS(C)(=O)=O)CC1. The van der Waals surface area contributed by atoms with E-state index in [0.717, 1.165) is 58.3 Å². The molecule has 1 atom stereocenters. The Morgan fingerprint density at radius 3 is 2.25 bits per heavy atom. The van der Waals surface area contributed by atoms with Gasteiger partial charge in [-0.3, -0.25) is 9.69 Å². The first-order valence-corrected chi connectivity index (χ1v) is 12.2. The normalized spacial score (nSPS) is 21.6. The van der Waals surface area contributed by atoms with Crippen molar-refractivity contribution < 1.29 is 13.2 Å². The molecule has 0 bridgehead atoms. The molecule has 2 heterocycles. The molecule has 156 valence electrons. The van der Waals surface area contributed by atoms with Gasteiger partial charge in [0.15, 0.2) is 0 Å². The number of nitrogens with one attached hydrogen (secondary N) is 1. The molecule has 2 aliphatic heterocycles. The van der Waals surface area contributed by atoms with E-state index in [2.05, 4.69) is 33.9 Å². The molecule has 0 saturated carbocycles. The first kappa shape index (κ1) is 21.3. The maximum absolute atomic E-state index is 12.9. The highest BCUT2D eigenvalue weighted by Gasteiger charge is 2.31. The lowest BCUT2D eigenvalue weighted by atomic mass is 9.90. The first-order valence-electron chi connectivity index (χ1n) is 10.4. The number of carbonyl (C=O) groups is 1. The molecule has 1 unspecified atom stereocenters. The number of sulfonamides is 1. The van der Waals surface area contributed by atoms with E-state index in [-0.39, 0.29) is 18.0 Å². The average molecular weight is 408 g/mol. The van der Waals surface area contributed by atoms with Crippen molar-refractivity contribution >= 4 is 15.9 Å². The van der Waals surface area contributed by atoms with E-state index in [1.807, 2.05) is 17.9 Å². The highest BCUT2D eigenvalue weighted by Crippen LogP contribution is 2.23. The molecule has 3 rings (SSSR count). The van der Waals surface area contributed by atoms with Crippen LogP contribution in [0.5, 0.6) is 0 Å². The van der Waals surface area contributed by atoms with Gasteiger partial charge < -0.3 is 4.90 Å². The van der Waals surface area contributed by atoms with E-state index >= 15 is 0 Å².